The minimum Gasteiger partial charge on any atom is -0.305 e. The maximum Gasteiger partial charge on any atom is 0.194 e. The summed E-state index contributed by atoms with van der Waals surface area (Å²) in [6.07, 6.45) is 0. The highest BCUT2D eigenvalue weighted by Crippen LogP contribution is 2.28. The summed E-state index contributed by atoms with van der Waals surface area (Å²) in [6.45, 7) is 5.76. The van der Waals surface area contributed by atoms with Gasteiger partial charge in [-0.05, 0) is 32.9 Å². The van der Waals surface area contributed by atoms with Gasteiger partial charge < -0.3 is 4.57 Å². The summed E-state index contributed by atoms with van der Waals surface area (Å²) >= 11 is 3.30. The molecule has 108 valence electrons. The molecule has 0 bridgehead atoms. The molecule has 0 saturated heterocycles. The lowest BCUT2D eigenvalue weighted by molar-refractivity contribution is 0.390. The van der Waals surface area contributed by atoms with E-state index in [9.17, 15) is 13.2 Å². The zero-order chi connectivity index (χ0) is 15.1. The van der Waals surface area contributed by atoms with Gasteiger partial charge in [0.25, 0.3) is 0 Å². The maximum atomic E-state index is 13.4. The first-order valence-electron chi connectivity index (χ1n) is 5.91. The first kappa shape index (κ1) is 15.0. The fourth-order valence-corrected chi connectivity index (χ4v) is 2.34. The van der Waals surface area contributed by atoms with Crippen molar-refractivity contribution in [2.45, 2.75) is 31.6 Å². The van der Waals surface area contributed by atoms with Gasteiger partial charge >= 0.3 is 0 Å². The molecule has 0 aliphatic heterocycles. The number of rotatable bonds is 2. The largest absolute Gasteiger partial charge is 0.305 e. The molecule has 0 atom stereocenters. The molecule has 0 saturated carbocycles. The Bertz CT molecular complexity index is 624. The van der Waals surface area contributed by atoms with Gasteiger partial charge in [-0.1, -0.05) is 15.9 Å². The SMILES string of the molecule is CC(C)(C)n1c(CBr)nnc1-c1cc(F)c(F)c(F)c1. The molecule has 0 spiro atoms. The van der Waals surface area contributed by atoms with Crippen molar-refractivity contribution in [2.75, 3.05) is 0 Å². The fourth-order valence-electron chi connectivity index (χ4n) is 1.98. The Hall–Kier alpha value is -1.37. The number of benzene rings is 1. The van der Waals surface area contributed by atoms with Crippen molar-refractivity contribution in [3.63, 3.8) is 0 Å². The zero-order valence-electron chi connectivity index (χ0n) is 11.2. The molecule has 0 aliphatic rings. The average molecular weight is 348 g/mol. The number of halogens is 4. The van der Waals surface area contributed by atoms with Crippen molar-refractivity contribution < 1.29 is 13.2 Å². The van der Waals surface area contributed by atoms with Crippen LogP contribution in [0.3, 0.4) is 0 Å². The quantitative estimate of drug-likeness (QED) is 0.606. The van der Waals surface area contributed by atoms with E-state index in [1.54, 1.807) is 4.57 Å². The molecule has 1 aromatic carbocycles. The minimum absolute atomic E-state index is 0.149. The van der Waals surface area contributed by atoms with Crippen molar-refractivity contribution in [2.24, 2.45) is 0 Å². The van der Waals surface area contributed by atoms with Crippen LogP contribution in [0.25, 0.3) is 11.4 Å². The van der Waals surface area contributed by atoms with Crippen LogP contribution in [0.4, 0.5) is 13.2 Å². The van der Waals surface area contributed by atoms with Crippen molar-refractivity contribution >= 4 is 15.9 Å². The lowest BCUT2D eigenvalue weighted by Gasteiger charge is -2.24. The Labute approximate surface area is 123 Å². The molecule has 2 aromatic rings. The lowest BCUT2D eigenvalue weighted by atomic mass is 10.1. The zero-order valence-corrected chi connectivity index (χ0v) is 12.8. The topological polar surface area (TPSA) is 30.7 Å². The third-order valence-electron chi connectivity index (χ3n) is 2.76. The summed E-state index contributed by atoms with van der Waals surface area (Å²) in [7, 11) is 0. The minimum atomic E-state index is -1.49. The summed E-state index contributed by atoms with van der Waals surface area (Å²) in [4.78, 5) is 0. The fraction of sp³-hybridized carbons (Fsp3) is 0.385. The van der Waals surface area contributed by atoms with E-state index in [4.69, 9.17) is 0 Å². The summed E-state index contributed by atoms with van der Waals surface area (Å²) in [5.74, 6) is -3.06. The Morgan fingerprint density at radius 1 is 1.10 bits per heavy atom. The summed E-state index contributed by atoms with van der Waals surface area (Å²) in [6, 6.07) is 1.84. The van der Waals surface area contributed by atoms with Crippen LogP contribution >= 0.6 is 15.9 Å². The first-order valence-corrected chi connectivity index (χ1v) is 7.03. The van der Waals surface area contributed by atoms with E-state index in [0.29, 0.717) is 17.0 Å². The van der Waals surface area contributed by atoms with Gasteiger partial charge in [-0.2, -0.15) is 0 Å². The molecule has 3 nitrogen and oxygen atoms in total. The Kier molecular flexibility index (Phi) is 3.90. The average Bonchev–Trinajstić information content (AvgIpc) is 2.79. The van der Waals surface area contributed by atoms with Crippen LogP contribution in [0.5, 0.6) is 0 Å². The second kappa shape index (κ2) is 5.20. The van der Waals surface area contributed by atoms with Crippen molar-refractivity contribution in [3.8, 4) is 11.4 Å². The smallest absolute Gasteiger partial charge is 0.194 e. The highest BCUT2D eigenvalue weighted by atomic mass is 79.9. The van der Waals surface area contributed by atoms with Gasteiger partial charge in [-0.15, -0.1) is 10.2 Å². The molecule has 0 radical (unpaired) electrons. The van der Waals surface area contributed by atoms with E-state index in [1.165, 1.54) is 0 Å². The van der Waals surface area contributed by atoms with Crippen LogP contribution in [-0.2, 0) is 10.9 Å². The van der Waals surface area contributed by atoms with Gasteiger partial charge in [0, 0.05) is 11.1 Å². The normalized spacial score (nSPS) is 11.9. The Morgan fingerprint density at radius 2 is 1.65 bits per heavy atom. The van der Waals surface area contributed by atoms with Gasteiger partial charge in [-0.3, -0.25) is 0 Å². The molecular weight excluding hydrogens is 335 g/mol. The highest BCUT2D eigenvalue weighted by molar-refractivity contribution is 9.08. The van der Waals surface area contributed by atoms with E-state index >= 15 is 0 Å². The standard InChI is InChI=1S/C13H13BrF3N3/c1-13(2,3)20-10(6-14)18-19-12(20)7-4-8(15)11(17)9(16)5-7/h4-5H,6H2,1-3H3. The number of hydrogen-bond acceptors (Lipinski definition) is 2. The first-order chi connectivity index (χ1) is 9.25. The second-order valence-electron chi connectivity index (χ2n) is 5.33. The molecular formula is C13H13BrF3N3. The van der Waals surface area contributed by atoms with Crippen molar-refractivity contribution in [1.29, 1.82) is 0 Å². The van der Waals surface area contributed by atoms with Crippen LogP contribution in [0.1, 0.15) is 26.6 Å². The van der Waals surface area contributed by atoms with E-state index in [-0.39, 0.29) is 11.1 Å². The van der Waals surface area contributed by atoms with Crippen molar-refractivity contribution in [1.82, 2.24) is 14.8 Å². The summed E-state index contributed by atoms with van der Waals surface area (Å²) in [5.41, 5.74) is -0.237. The summed E-state index contributed by atoms with van der Waals surface area (Å²) in [5, 5.41) is 8.40. The molecule has 0 fully saturated rings. The second-order valence-corrected chi connectivity index (χ2v) is 5.89. The monoisotopic (exact) mass is 347 g/mol. The van der Waals surface area contributed by atoms with Crippen LogP contribution in [0.2, 0.25) is 0 Å². The molecule has 0 unspecified atom stereocenters. The van der Waals surface area contributed by atoms with Crippen LogP contribution in [0.15, 0.2) is 12.1 Å². The van der Waals surface area contributed by atoms with Crippen LogP contribution in [-0.4, -0.2) is 14.8 Å². The molecule has 0 aliphatic carbocycles. The third kappa shape index (κ3) is 2.59. The number of nitrogens with zero attached hydrogens (tertiary/aromatic N) is 3. The van der Waals surface area contributed by atoms with E-state index in [2.05, 4.69) is 26.1 Å². The molecule has 20 heavy (non-hydrogen) atoms. The predicted octanol–water partition coefficient (Wildman–Crippen LogP) is 4.01. The number of alkyl halides is 1. The van der Waals surface area contributed by atoms with Gasteiger partial charge in [-0.25, -0.2) is 13.2 Å². The Balaban J connectivity index is 2.68. The third-order valence-corrected chi connectivity index (χ3v) is 3.26. The molecule has 1 heterocycles. The van der Waals surface area contributed by atoms with E-state index in [1.807, 2.05) is 20.8 Å². The van der Waals surface area contributed by atoms with E-state index in [0.717, 1.165) is 12.1 Å². The van der Waals surface area contributed by atoms with Gasteiger partial charge in [0.15, 0.2) is 23.3 Å². The van der Waals surface area contributed by atoms with Crippen LogP contribution < -0.4 is 0 Å². The highest BCUT2D eigenvalue weighted by Gasteiger charge is 2.24. The number of hydrogen-bond donors (Lipinski definition) is 0. The lowest BCUT2D eigenvalue weighted by Crippen LogP contribution is -2.24. The van der Waals surface area contributed by atoms with Crippen molar-refractivity contribution in [3.05, 3.63) is 35.4 Å². The molecule has 0 amide bonds. The predicted molar refractivity (Wildman–Crippen MR) is 73.0 cm³/mol. The van der Waals surface area contributed by atoms with E-state index < -0.39 is 17.5 Å². The molecule has 1 aromatic heterocycles. The Morgan fingerprint density at radius 3 is 2.10 bits per heavy atom. The van der Waals surface area contributed by atoms with Gasteiger partial charge in [0.1, 0.15) is 5.82 Å². The molecule has 0 N–H and O–H groups in total. The molecule has 2 rings (SSSR count). The number of aromatic nitrogens is 3. The van der Waals surface area contributed by atoms with Gasteiger partial charge in [0.2, 0.25) is 0 Å². The molecule has 7 heteroatoms. The van der Waals surface area contributed by atoms with Gasteiger partial charge in [0.05, 0.1) is 5.33 Å². The maximum absolute atomic E-state index is 13.4. The summed E-state index contributed by atoms with van der Waals surface area (Å²) < 4.78 is 41.5. The van der Waals surface area contributed by atoms with Crippen LogP contribution in [0, 0.1) is 17.5 Å².